The Hall–Kier alpha value is -2.10. The third-order valence-electron chi connectivity index (χ3n) is 6.92. The van der Waals surface area contributed by atoms with Crippen molar-refractivity contribution in [2.45, 2.75) is 99.5 Å². The summed E-state index contributed by atoms with van der Waals surface area (Å²) in [6.07, 6.45) is 5.93. The van der Waals surface area contributed by atoms with E-state index in [1.54, 1.807) is 0 Å². The topological polar surface area (TPSA) is 32.3 Å². The van der Waals surface area contributed by atoms with Crippen LogP contribution in [0.4, 0.5) is 17.5 Å². The highest BCUT2D eigenvalue weighted by Crippen LogP contribution is 2.41. The Bertz CT molecular complexity index is 877. The minimum atomic E-state index is 0.487. The predicted octanol–water partition coefficient (Wildman–Crippen LogP) is 7.01. The van der Waals surface area contributed by atoms with Crippen molar-refractivity contribution < 1.29 is 0 Å². The maximum atomic E-state index is 5.21. The van der Waals surface area contributed by atoms with E-state index >= 15 is 0 Å². The van der Waals surface area contributed by atoms with Gasteiger partial charge >= 0.3 is 0 Å². The second-order valence-electron chi connectivity index (χ2n) is 9.30. The van der Waals surface area contributed by atoms with Crippen LogP contribution in [0.3, 0.4) is 0 Å². The number of hydrogen-bond donors (Lipinski definition) is 0. The van der Waals surface area contributed by atoms with E-state index in [0.29, 0.717) is 12.0 Å². The van der Waals surface area contributed by atoms with Crippen molar-refractivity contribution in [3.05, 3.63) is 40.1 Å². The van der Waals surface area contributed by atoms with Crippen LogP contribution in [0, 0.1) is 20.8 Å². The Morgan fingerprint density at radius 2 is 1.68 bits per heavy atom. The molecule has 4 nitrogen and oxygen atoms in total. The molecule has 0 radical (unpaired) electrons. The Morgan fingerprint density at radius 3 is 2.23 bits per heavy atom. The lowest BCUT2D eigenvalue weighted by Gasteiger charge is -2.30. The monoisotopic (exact) mass is 422 g/mol. The molecule has 1 aliphatic rings. The third kappa shape index (κ3) is 4.58. The van der Waals surface area contributed by atoms with Crippen LogP contribution < -0.4 is 9.80 Å². The van der Waals surface area contributed by atoms with Crippen molar-refractivity contribution in [2.24, 2.45) is 0 Å². The summed E-state index contributed by atoms with van der Waals surface area (Å²) in [5.41, 5.74) is 7.82. The molecule has 0 amide bonds. The minimum absolute atomic E-state index is 0.487. The summed E-state index contributed by atoms with van der Waals surface area (Å²) >= 11 is 0. The summed E-state index contributed by atoms with van der Waals surface area (Å²) in [5.74, 6) is 2.49. The van der Waals surface area contributed by atoms with Gasteiger partial charge < -0.3 is 9.80 Å². The lowest BCUT2D eigenvalue weighted by molar-refractivity contribution is 0.554. The fraction of sp³-hybridized carbons (Fsp3) is 0.630. The van der Waals surface area contributed by atoms with Crippen molar-refractivity contribution in [3.8, 4) is 0 Å². The van der Waals surface area contributed by atoms with Crippen LogP contribution >= 0.6 is 0 Å². The van der Waals surface area contributed by atoms with Crippen LogP contribution in [0.5, 0.6) is 0 Å². The number of fused-ring (bicyclic) bond motifs is 1. The predicted molar refractivity (Wildman–Crippen MR) is 134 cm³/mol. The van der Waals surface area contributed by atoms with Gasteiger partial charge in [0.1, 0.15) is 5.82 Å². The molecule has 0 bridgehead atoms. The number of rotatable bonds is 9. The van der Waals surface area contributed by atoms with Gasteiger partial charge in [0.15, 0.2) is 0 Å². The summed E-state index contributed by atoms with van der Waals surface area (Å²) in [6.45, 7) is 19.9. The van der Waals surface area contributed by atoms with Crippen molar-refractivity contribution in [1.29, 1.82) is 0 Å². The molecule has 3 rings (SSSR count). The number of unbranched alkanes of at least 4 members (excludes halogenated alkanes) is 1. The highest BCUT2D eigenvalue weighted by molar-refractivity contribution is 5.69. The van der Waals surface area contributed by atoms with Gasteiger partial charge in [-0.05, 0) is 70.1 Å². The molecule has 1 atom stereocenters. The average molecular weight is 423 g/mol. The number of anilines is 3. The summed E-state index contributed by atoms with van der Waals surface area (Å²) in [6, 6.07) is 5.26. The SMILES string of the molecule is CCCCc1cc(C)c(N(CC)c2nc(C)c3c(n2)N(C(CC)CC)CC3C)c(C)c1. The number of nitrogens with zero attached hydrogens (tertiary/aromatic N) is 4. The number of benzene rings is 1. The molecule has 1 aliphatic heterocycles. The van der Waals surface area contributed by atoms with Gasteiger partial charge in [0.2, 0.25) is 5.95 Å². The first kappa shape index (κ1) is 23.6. The molecule has 1 aromatic carbocycles. The van der Waals surface area contributed by atoms with Crippen LogP contribution in [0.15, 0.2) is 12.1 Å². The zero-order valence-electron chi connectivity index (χ0n) is 21.0. The molecule has 0 N–H and O–H groups in total. The first-order chi connectivity index (χ1) is 14.9. The van der Waals surface area contributed by atoms with Crippen LogP contribution in [-0.2, 0) is 6.42 Å². The summed E-state index contributed by atoms with van der Waals surface area (Å²) < 4.78 is 0. The molecule has 4 heteroatoms. The molecule has 2 heterocycles. The van der Waals surface area contributed by atoms with Gasteiger partial charge in [0.05, 0.1) is 0 Å². The fourth-order valence-corrected chi connectivity index (χ4v) is 5.39. The van der Waals surface area contributed by atoms with E-state index in [-0.39, 0.29) is 0 Å². The third-order valence-corrected chi connectivity index (χ3v) is 6.92. The van der Waals surface area contributed by atoms with E-state index in [2.05, 4.69) is 77.3 Å². The molecule has 0 saturated heterocycles. The molecule has 31 heavy (non-hydrogen) atoms. The van der Waals surface area contributed by atoms with Gasteiger partial charge in [-0.15, -0.1) is 0 Å². The molecule has 1 unspecified atom stereocenters. The van der Waals surface area contributed by atoms with Crippen LogP contribution in [0.2, 0.25) is 0 Å². The number of aromatic nitrogens is 2. The molecule has 0 saturated carbocycles. The highest BCUT2D eigenvalue weighted by atomic mass is 15.3. The molecule has 0 fully saturated rings. The Labute approximate surface area is 190 Å². The zero-order chi connectivity index (χ0) is 22.7. The largest absolute Gasteiger partial charge is 0.353 e. The quantitative estimate of drug-likeness (QED) is 0.435. The van der Waals surface area contributed by atoms with Gasteiger partial charge in [-0.3, -0.25) is 0 Å². The molecular formula is C27H42N4. The van der Waals surface area contributed by atoms with Crippen molar-refractivity contribution in [1.82, 2.24) is 9.97 Å². The van der Waals surface area contributed by atoms with E-state index in [1.165, 1.54) is 40.8 Å². The highest BCUT2D eigenvalue weighted by Gasteiger charge is 2.34. The Balaban J connectivity index is 2.06. The van der Waals surface area contributed by atoms with Gasteiger partial charge in [-0.1, -0.05) is 46.2 Å². The number of aryl methyl sites for hydroxylation is 4. The van der Waals surface area contributed by atoms with E-state index in [9.17, 15) is 0 Å². The van der Waals surface area contributed by atoms with Crippen molar-refractivity contribution in [3.63, 3.8) is 0 Å². The standard InChI is InChI=1S/C27H42N4/c1-9-13-14-22-15-18(5)25(19(6)16-22)30(12-4)27-28-21(8)24-20(7)17-31(26(24)29-27)23(10-2)11-3/h15-16,20,23H,9-14,17H2,1-8H3. The molecular weight excluding hydrogens is 380 g/mol. The first-order valence-corrected chi connectivity index (χ1v) is 12.4. The van der Waals surface area contributed by atoms with Gasteiger partial charge in [0, 0.05) is 42.0 Å². The Kier molecular flexibility index (Phi) is 7.61. The van der Waals surface area contributed by atoms with Gasteiger partial charge in [0.25, 0.3) is 0 Å². The minimum Gasteiger partial charge on any atom is -0.353 e. The molecule has 0 spiro atoms. The molecule has 1 aromatic heterocycles. The first-order valence-electron chi connectivity index (χ1n) is 12.4. The van der Waals surface area contributed by atoms with E-state index in [0.717, 1.165) is 49.8 Å². The van der Waals surface area contributed by atoms with Crippen molar-refractivity contribution in [2.75, 3.05) is 22.9 Å². The maximum Gasteiger partial charge on any atom is 0.232 e. The van der Waals surface area contributed by atoms with Crippen LogP contribution in [0.25, 0.3) is 0 Å². The van der Waals surface area contributed by atoms with Gasteiger partial charge in [-0.25, -0.2) is 4.98 Å². The normalized spacial score (nSPS) is 15.6. The van der Waals surface area contributed by atoms with Crippen LogP contribution in [-0.4, -0.2) is 29.1 Å². The lowest BCUT2D eigenvalue weighted by atomic mass is 10.00. The number of hydrogen-bond acceptors (Lipinski definition) is 4. The maximum absolute atomic E-state index is 5.21. The van der Waals surface area contributed by atoms with E-state index in [4.69, 9.17) is 9.97 Å². The molecule has 170 valence electrons. The zero-order valence-corrected chi connectivity index (χ0v) is 21.0. The van der Waals surface area contributed by atoms with Crippen LogP contribution in [0.1, 0.15) is 94.2 Å². The average Bonchev–Trinajstić information content (AvgIpc) is 3.06. The van der Waals surface area contributed by atoms with Gasteiger partial charge in [-0.2, -0.15) is 4.98 Å². The summed E-state index contributed by atoms with van der Waals surface area (Å²) in [4.78, 5) is 15.1. The fourth-order valence-electron chi connectivity index (χ4n) is 5.39. The smallest absolute Gasteiger partial charge is 0.232 e. The summed E-state index contributed by atoms with van der Waals surface area (Å²) in [5, 5.41) is 0. The van der Waals surface area contributed by atoms with E-state index < -0.39 is 0 Å². The second-order valence-corrected chi connectivity index (χ2v) is 9.30. The lowest BCUT2D eigenvalue weighted by Crippen LogP contribution is -2.34. The van der Waals surface area contributed by atoms with E-state index in [1.807, 2.05) is 0 Å². The summed E-state index contributed by atoms with van der Waals surface area (Å²) in [7, 11) is 0. The Morgan fingerprint density at radius 1 is 1.03 bits per heavy atom. The molecule has 2 aromatic rings. The second kappa shape index (κ2) is 10.0. The molecule has 0 aliphatic carbocycles. The van der Waals surface area contributed by atoms with Crippen molar-refractivity contribution >= 4 is 17.5 Å².